The Bertz CT molecular complexity index is 529. The highest BCUT2D eigenvalue weighted by Crippen LogP contribution is 2.21. The largest absolute Gasteiger partial charge is 0.366 e. The van der Waals surface area contributed by atoms with E-state index in [4.69, 9.17) is 5.73 Å². The molecular formula is C14H15N3O. The van der Waals surface area contributed by atoms with Crippen molar-refractivity contribution in [2.45, 2.75) is 19.4 Å². The van der Waals surface area contributed by atoms with E-state index in [1.165, 1.54) is 0 Å². The fourth-order valence-corrected chi connectivity index (χ4v) is 1.78. The van der Waals surface area contributed by atoms with Gasteiger partial charge in [0.05, 0.1) is 5.70 Å². The van der Waals surface area contributed by atoms with E-state index >= 15 is 0 Å². The van der Waals surface area contributed by atoms with Gasteiger partial charge in [0.25, 0.3) is 0 Å². The van der Waals surface area contributed by atoms with Crippen molar-refractivity contribution in [3.8, 4) is 0 Å². The number of nitrogens with zero attached hydrogens (tertiary/aromatic N) is 2. The molecule has 1 heterocycles. The van der Waals surface area contributed by atoms with Gasteiger partial charge in [-0.2, -0.15) is 10.2 Å². The second-order valence-corrected chi connectivity index (χ2v) is 4.19. The van der Waals surface area contributed by atoms with E-state index in [0.29, 0.717) is 12.0 Å². The molecule has 2 N–H and O–H groups in total. The second-order valence-electron chi connectivity index (χ2n) is 4.19. The van der Waals surface area contributed by atoms with Crippen LogP contribution in [0.5, 0.6) is 0 Å². The van der Waals surface area contributed by atoms with Crippen LogP contribution in [0, 0.1) is 0 Å². The standard InChI is InChI=1S/C14H15N3O/c1-10-7-8-13(17-16-10)12(14(15)18)9-11-5-3-2-4-6-11/h2-7,9,13H,8H2,1H3,(H2,15,18). The predicted octanol–water partition coefficient (Wildman–Crippen LogP) is 2.68. The number of allylic oxidation sites excluding steroid dienone is 1. The number of hydrogen-bond acceptors (Lipinski definition) is 3. The predicted molar refractivity (Wildman–Crippen MR) is 70.6 cm³/mol. The SMILES string of the molecule is CC1=CCC(C(=Cc2ccccc2)C(N)=O)N=N1. The molecule has 0 aliphatic carbocycles. The Kier molecular flexibility index (Phi) is 3.67. The number of primary amides is 1. The van der Waals surface area contributed by atoms with E-state index in [1.54, 1.807) is 6.08 Å². The second kappa shape index (κ2) is 5.40. The molecule has 1 amide bonds. The van der Waals surface area contributed by atoms with Gasteiger partial charge in [-0.15, -0.1) is 0 Å². The summed E-state index contributed by atoms with van der Waals surface area (Å²) in [7, 11) is 0. The number of amides is 1. The van der Waals surface area contributed by atoms with Crippen LogP contribution in [0.3, 0.4) is 0 Å². The lowest BCUT2D eigenvalue weighted by molar-refractivity contribution is -0.114. The first-order valence-corrected chi connectivity index (χ1v) is 5.81. The van der Waals surface area contributed by atoms with Crippen molar-refractivity contribution in [3.05, 3.63) is 53.2 Å². The molecule has 1 aliphatic heterocycles. The van der Waals surface area contributed by atoms with Crippen molar-refractivity contribution in [1.82, 2.24) is 0 Å². The maximum absolute atomic E-state index is 11.5. The number of nitrogens with two attached hydrogens (primary N) is 1. The Hall–Kier alpha value is -2.23. The zero-order chi connectivity index (χ0) is 13.0. The van der Waals surface area contributed by atoms with Crippen LogP contribution >= 0.6 is 0 Å². The van der Waals surface area contributed by atoms with Gasteiger partial charge in [-0.25, -0.2) is 0 Å². The van der Waals surface area contributed by atoms with Crippen molar-refractivity contribution < 1.29 is 4.79 Å². The van der Waals surface area contributed by atoms with Crippen LogP contribution in [0.2, 0.25) is 0 Å². The van der Waals surface area contributed by atoms with E-state index in [1.807, 2.05) is 43.3 Å². The van der Waals surface area contributed by atoms with Crippen LogP contribution in [-0.4, -0.2) is 11.9 Å². The molecule has 0 saturated heterocycles. The molecular weight excluding hydrogens is 226 g/mol. The molecule has 0 saturated carbocycles. The first kappa shape index (κ1) is 12.2. The summed E-state index contributed by atoms with van der Waals surface area (Å²) in [4.78, 5) is 11.5. The number of carbonyl (C=O) groups is 1. The number of benzene rings is 1. The van der Waals surface area contributed by atoms with Gasteiger partial charge < -0.3 is 5.73 Å². The van der Waals surface area contributed by atoms with Crippen molar-refractivity contribution in [1.29, 1.82) is 0 Å². The minimum atomic E-state index is -0.448. The van der Waals surface area contributed by atoms with Crippen LogP contribution in [0.4, 0.5) is 0 Å². The average Bonchev–Trinajstić information content (AvgIpc) is 2.38. The third-order valence-corrected chi connectivity index (χ3v) is 2.76. The molecule has 18 heavy (non-hydrogen) atoms. The van der Waals surface area contributed by atoms with E-state index in [9.17, 15) is 4.79 Å². The summed E-state index contributed by atoms with van der Waals surface area (Å²) >= 11 is 0. The molecule has 92 valence electrons. The monoisotopic (exact) mass is 241 g/mol. The van der Waals surface area contributed by atoms with Crippen LogP contribution in [0.15, 0.2) is 57.9 Å². The van der Waals surface area contributed by atoms with Gasteiger partial charge >= 0.3 is 0 Å². The fourth-order valence-electron chi connectivity index (χ4n) is 1.78. The molecule has 1 unspecified atom stereocenters. The van der Waals surface area contributed by atoms with Gasteiger partial charge in [0, 0.05) is 5.57 Å². The van der Waals surface area contributed by atoms with E-state index in [-0.39, 0.29) is 6.04 Å². The van der Waals surface area contributed by atoms with Crippen LogP contribution in [0.25, 0.3) is 6.08 Å². The third-order valence-electron chi connectivity index (χ3n) is 2.76. The van der Waals surface area contributed by atoms with Crippen LogP contribution in [0.1, 0.15) is 18.9 Å². The van der Waals surface area contributed by atoms with Gasteiger partial charge in [-0.1, -0.05) is 36.4 Å². The summed E-state index contributed by atoms with van der Waals surface area (Å²) < 4.78 is 0. The van der Waals surface area contributed by atoms with Gasteiger partial charge in [-0.05, 0) is 25.0 Å². The first-order valence-electron chi connectivity index (χ1n) is 5.81. The summed E-state index contributed by atoms with van der Waals surface area (Å²) in [6.07, 6.45) is 4.40. The van der Waals surface area contributed by atoms with Gasteiger partial charge in [-0.3, -0.25) is 4.79 Å². The van der Waals surface area contributed by atoms with Gasteiger partial charge in [0.1, 0.15) is 6.04 Å². The molecule has 0 fully saturated rings. The minimum absolute atomic E-state index is 0.272. The summed E-state index contributed by atoms with van der Waals surface area (Å²) in [6.45, 7) is 1.88. The van der Waals surface area contributed by atoms with Crippen molar-refractivity contribution in [2.75, 3.05) is 0 Å². The maximum atomic E-state index is 11.5. The fraction of sp³-hybridized carbons (Fsp3) is 0.214. The van der Waals surface area contributed by atoms with Crippen molar-refractivity contribution in [2.24, 2.45) is 16.0 Å². The molecule has 0 aromatic heterocycles. The number of hydrogen-bond donors (Lipinski definition) is 1. The van der Waals surface area contributed by atoms with E-state index in [0.717, 1.165) is 11.3 Å². The smallest absolute Gasteiger partial charge is 0.246 e. The third kappa shape index (κ3) is 2.91. The lowest BCUT2D eigenvalue weighted by Gasteiger charge is -2.14. The molecule has 1 aliphatic rings. The molecule has 2 rings (SSSR count). The maximum Gasteiger partial charge on any atom is 0.246 e. The molecule has 1 atom stereocenters. The molecule has 1 aromatic carbocycles. The Morgan fingerprint density at radius 3 is 2.67 bits per heavy atom. The summed E-state index contributed by atoms with van der Waals surface area (Å²) in [5, 5.41) is 8.11. The van der Waals surface area contributed by atoms with Gasteiger partial charge in [0.15, 0.2) is 0 Å². The molecule has 4 nitrogen and oxygen atoms in total. The van der Waals surface area contributed by atoms with Crippen molar-refractivity contribution >= 4 is 12.0 Å². The summed E-state index contributed by atoms with van der Waals surface area (Å²) in [5.74, 6) is -0.448. The van der Waals surface area contributed by atoms with E-state index in [2.05, 4.69) is 10.2 Å². The number of carbonyl (C=O) groups excluding carboxylic acids is 1. The molecule has 0 bridgehead atoms. The molecule has 0 spiro atoms. The first-order chi connectivity index (χ1) is 8.66. The quantitative estimate of drug-likeness (QED) is 0.812. The Balaban J connectivity index is 2.28. The average molecular weight is 241 g/mol. The zero-order valence-electron chi connectivity index (χ0n) is 10.2. The minimum Gasteiger partial charge on any atom is -0.366 e. The molecule has 1 aromatic rings. The lowest BCUT2D eigenvalue weighted by atomic mass is 10.00. The Morgan fingerprint density at radius 2 is 2.11 bits per heavy atom. The van der Waals surface area contributed by atoms with E-state index < -0.39 is 5.91 Å². The van der Waals surface area contributed by atoms with Crippen LogP contribution < -0.4 is 5.73 Å². The molecule has 4 heteroatoms. The number of rotatable bonds is 3. The molecule has 0 radical (unpaired) electrons. The highest BCUT2D eigenvalue weighted by molar-refractivity contribution is 5.98. The van der Waals surface area contributed by atoms with Crippen LogP contribution in [-0.2, 0) is 4.79 Å². The Morgan fingerprint density at radius 1 is 1.39 bits per heavy atom. The Labute approximate surface area is 106 Å². The topological polar surface area (TPSA) is 67.8 Å². The summed E-state index contributed by atoms with van der Waals surface area (Å²) in [5.41, 5.74) is 7.72. The van der Waals surface area contributed by atoms with Gasteiger partial charge in [0.2, 0.25) is 5.91 Å². The normalized spacial score (nSPS) is 19.5. The number of azo groups is 1. The highest BCUT2D eigenvalue weighted by Gasteiger charge is 2.19. The zero-order valence-corrected chi connectivity index (χ0v) is 10.2. The van der Waals surface area contributed by atoms with Crippen molar-refractivity contribution in [3.63, 3.8) is 0 Å². The summed E-state index contributed by atoms with van der Waals surface area (Å²) in [6, 6.07) is 9.32. The highest BCUT2D eigenvalue weighted by atomic mass is 16.1. The lowest BCUT2D eigenvalue weighted by Crippen LogP contribution is -2.23.